The number of methoxy groups -OCH3 is 3. The van der Waals surface area contributed by atoms with Crippen molar-refractivity contribution in [3.63, 3.8) is 0 Å². The summed E-state index contributed by atoms with van der Waals surface area (Å²) in [7, 11) is 4.87. The monoisotopic (exact) mass is 460 g/mol. The van der Waals surface area contributed by atoms with Crippen molar-refractivity contribution in [1.82, 2.24) is 0 Å². The Balaban J connectivity index is 1.66. The highest BCUT2D eigenvalue weighted by atomic mass is 32.2. The number of hydrogen-bond acceptors (Lipinski definition) is 6. The lowest BCUT2D eigenvalue weighted by Crippen LogP contribution is -2.30. The average Bonchev–Trinajstić information content (AvgIpc) is 3.18. The molecule has 3 aromatic carbocycles. The summed E-state index contributed by atoms with van der Waals surface area (Å²) in [4.78, 5) is 19.7. The first kappa shape index (κ1) is 22.5. The summed E-state index contributed by atoms with van der Waals surface area (Å²) in [6, 6.07) is 22.8. The fraction of sp³-hybridized carbons (Fsp3) is 0.154. The largest absolute Gasteiger partial charge is 0.497 e. The molecule has 1 aliphatic heterocycles. The van der Waals surface area contributed by atoms with E-state index in [4.69, 9.17) is 19.2 Å². The molecule has 0 saturated heterocycles. The molecule has 0 aromatic heterocycles. The summed E-state index contributed by atoms with van der Waals surface area (Å²) < 4.78 is 15.9. The fourth-order valence-electron chi connectivity index (χ4n) is 3.34. The molecule has 0 fully saturated rings. The molecule has 0 unspecified atom stereocenters. The first-order chi connectivity index (χ1) is 16.1. The van der Waals surface area contributed by atoms with E-state index in [-0.39, 0.29) is 5.91 Å². The molecule has 3 aromatic rings. The molecule has 0 N–H and O–H groups in total. The Labute approximate surface area is 197 Å². The molecule has 33 heavy (non-hydrogen) atoms. The van der Waals surface area contributed by atoms with E-state index in [0.29, 0.717) is 28.1 Å². The normalized spacial score (nSPS) is 14.4. The van der Waals surface area contributed by atoms with Gasteiger partial charge in [0.25, 0.3) is 5.91 Å². The van der Waals surface area contributed by atoms with E-state index in [1.165, 1.54) is 11.8 Å². The zero-order valence-electron chi connectivity index (χ0n) is 18.6. The number of carbonyl (C=O) groups excluding carboxylic acids is 1. The second-order valence-electron chi connectivity index (χ2n) is 7.18. The van der Waals surface area contributed by atoms with Crippen LogP contribution in [0.1, 0.15) is 11.1 Å². The highest BCUT2D eigenvalue weighted by Gasteiger charge is 2.32. The number of thioether (sulfide) groups is 1. The molecule has 7 heteroatoms. The first-order valence-electron chi connectivity index (χ1n) is 10.3. The molecule has 1 aliphatic rings. The van der Waals surface area contributed by atoms with Crippen LogP contribution in [0.2, 0.25) is 0 Å². The van der Waals surface area contributed by atoms with Gasteiger partial charge in [0.05, 0.1) is 27.0 Å². The Morgan fingerprint density at radius 2 is 1.52 bits per heavy atom. The maximum absolute atomic E-state index is 13.4. The standard InChI is InChI=1S/C26H24N2O4S/c1-30-21-12-10-18(11-13-21)15-24-25(29)28(20-7-5-9-23(16-20)32-3)26(27-24)33-17-19-6-4-8-22(14-19)31-2/h4-16H,17H2,1-3H3/b24-15-. The van der Waals surface area contributed by atoms with Crippen LogP contribution in [0.4, 0.5) is 5.69 Å². The van der Waals surface area contributed by atoms with Gasteiger partial charge >= 0.3 is 0 Å². The molecule has 168 valence electrons. The van der Waals surface area contributed by atoms with Crippen molar-refractivity contribution >= 4 is 34.6 Å². The second-order valence-corrected chi connectivity index (χ2v) is 8.12. The van der Waals surface area contributed by atoms with Gasteiger partial charge in [0.1, 0.15) is 22.9 Å². The maximum atomic E-state index is 13.4. The number of rotatable bonds is 7. The van der Waals surface area contributed by atoms with Gasteiger partial charge in [0.15, 0.2) is 5.17 Å². The van der Waals surface area contributed by atoms with Gasteiger partial charge < -0.3 is 14.2 Å². The molecule has 1 heterocycles. The maximum Gasteiger partial charge on any atom is 0.283 e. The van der Waals surface area contributed by atoms with Crippen molar-refractivity contribution in [2.45, 2.75) is 5.75 Å². The summed E-state index contributed by atoms with van der Waals surface area (Å²) in [5.41, 5.74) is 3.02. The Morgan fingerprint density at radius 1 is 0.848 bits per heavy atom. The number of amides is 1. The molecule has 0 atom stereocenters. The molecule has 0 radical (unpaired) electrons. The van der Waals surface area contributed by atoms with Gasteiger partial charge in [-0.2, -0.15) is 0 Å². The lowest BCUT2D eigenvalue weighted by Gasteiger charge is -2.18. The molecule has 0 spiro atoms. The van der Waals surface area contributed by atoms with Crippen LogP contribution in [-0.4, -0.2) is 32.4 Å². The van der Waals surface area contributed by atoms with Gasteiger partial charge in [0.2, 0.25) is 0 Å². The predicted octanol–water partition coefficient (Wildman–Crippen LogP) is 5.39. The number of aliphatic imine (C=N–C) groups is 1. The smallest absolute Gasteiger partial charge is 0.283 e. The summed E-state index contributed by atoms with van der Waals surface area (Å²) in [6.07, 6.45) is 1.79. The molecule has 0 bridgehead atoms. The predicted molar refractivity (Wildman–Crippen MR) is 133 cm³/mol. The van der Waals surface area contributed by atoms with E-state index in [2.05, 4.69) is 0 Å². The summed E-state index contributed by atoms with van der Waals surface area (Å²) in [5, 5.41) is 0.607. The minimum Gasteiger partial charge on any atom is -0.497 e. The summed E-state index contributed by atoms with van der Waals surface area (Å²) in [5.74, 6) is 2.67. The zero-order chi connectivity index (χ0) is 23.2. The van der Waals surface area contributed by atoms with Crippen LogP contribution in [0.5, 0.6) is 17.2 Å². The van der Waals surface area contributed by atoms with Crippen LogP contribution >= 0.6 is 11.8 Å². The Kier molecular flexibility index (Phi) is 7.00. The van der Waals surface area contributed by atoms with Gasteiger partial charge in [-0.3, -0.25) is 9.69 Å². The highest BCUT2D eigenvalue weighted by Crippen LogP contribution is 2.33. The molecule has 0 saturated carbocycles. The van der Waals surface area contributed by atoms with Crippen molar-refractivity contribution in [3.05, 3.63) is 89.6 Å². The Hall–Kier alpha value is -3.71. The fourth-order valence-corrected chi connectivity index (χ4v) is 4.29. The molecule has 4 rings (SSSR count). The van der Waals surface area contributed by atoms with Crippen LogP contribution in [0.3, 0.4) is 0 Å². The number of benzene rings is 3. The van der Waals surface area contributed by atoms with Gasteiger partial charge in [-0.05, 0) is 53.6 Å². The van der Waals surface area contributed by atoms with E-state index in [9.17, 15) is 4.79 Å². The van der Waals surface area contributed by atoms with Gasteiger partial charge in [-0.1, -0.05) is 42.1 Å². The van der Waals surface area contributed by atoms with Crippen LogP contribution in [0.25, 0.3) is 6.08 Å². The van der Waals surface area contributed by atoms with Crippen LogP contribution in [-0.2, 0) is 10.5 Å². The van der Waals surface area contributed by atoms with Crippen molar-refractivity contribution in [2.75, 3.05) is 26.2 Å². The molecule has 1 amide bonds. The minimum absolute atomic E-state index is 0.188. The van der Waals surface area contributed by atoms with Crippen molar-refractivity contribution in [3.8, 4) is 17.2 Å². The van der Waals surface area contributed by atoms with E-state index >= 15 is 0 Å². The Morgan fingerprint density at radius 3 is 2.21 bits per heavy atom. The van der Waals surface area contributed by atoms with Gasteiger partial charge in [-0.15, -0.1) is 0 Å². The van der Waals surface area contributed by atoms with E-state index < -0.39 is 0 Å². The van der Waals surface area contributed by atoms with E-state index in [0.717, 1.165) is 22.6 Å². The topological polar surface area (TPSA) is 60.4 Å². The number of carbonyl (C=O) groups is 1. The Bertz CT molecular complexity index is 1200. The SMILES string of the molecule is COc1ccc(/C=C2\N=C(SCc3cccc(OC)c3)N(c3cccc(OC)c3)C2=O)cc1. The van der Waals surface area contributed by atoms with E-state index in [1.807, 2.05) is 72.8 Å². The van der Waals surface area contributed by atoms with Crippen LogP contribution in [0.15, 0.2) is 83.5 Å². The summed E-state index contributed by atoms with van der Waals surface area (Å²) >= 11 is 1.49. The number of nitrogens with zero attached hydrogens (tertiary/aromatic N) is 2. The quantitative estimate of drug-likeness (QED) is 0.443. The van der Waals surface area contributed by atoms with Crippen molar-refractivity contribution < 1.29 is 19.0 Å². The van der Waals surface area contributed by atoms with E-state index in [1.54, 1.807) is 32.3 Å². The molecule has 0 aliphatic carbocycles. The van der Waals surface area contributed by atoms with Gasteiger partial charge in [-0.25, -0.2) is 4.99 Å². The number of ether oxygens (including phenoxy) is 3. The zero-order valence-corrected chi connectivity index (χ0v) is 19.5. The third-order valence-electron chi connectivity index (χ3n) is 5.06. The molecular weight excluding hydrogens is 436 g/mol. The van der Waals surface area contributed by atoms with Crippen LogP contribution < -0.4 is 19.1 Å². The lowest BCUT2D eigenvalue weighted by molar-refractivity contribution is -0.113. The highest BCUT2D eigenvalue weighted by molar-refractivity contribution is 8.13. The van der Waals surface area contributed by atoms with Crippen molar-refractivity contribution in [2.24, 2.45) is 4.99 Å². The first-order valence-corrected chi connectivity index (χ1v) is 11.3. The summed E-state index contributed by atoms with van der Waals surface area (Å²) in [6.45, 7) is 0. The minimum atomic E-state index is -0.188. The number of hydrogen-bond donors (Lipinski definition) is 0. The lowest BCUT2D eigenvalue weighted by atomic mass is 10.2. The van der Waals surface area contributed by atoms with Crippen molar-refractivity contribution in [1.29, 1.82) is 0 Å². The number of amidine groups is 1. The van der Waals surface area contributed by atoms with Gasteiger partial charge in [0, 0.05) is 11.8 Å². The second kappa shape index (κ2) is 10.3. The molecular formula is C26H24N2O4S. The third-order valence-corrected chi connectivity index (χ3v) is 6.07. The third kappa shape index (κ3) is 5.21. The number of anilines is 1. The van der Waals surface area contributed by atoms with Crippen LogP contribution in [0, 0.1) is 0 Å². The average molecular weight is 461 g/mol. The molecule has 6 nitrogen and oxygen atoms in total.